The van der Waals surface area contributed by atoms with Crippen molar-refractivity contribution in [1.82, 2.24) is 20.6 Å². The van der Waals surface area contributed by atoms with Crippen LogP contribution in [0.2, 0.25) is 0 Å². The third-order valence-electron chi connectivity index (χ3n) is 4.67. The Morgan fingerprint density at radius 3 is 2.20 bits per heavy atom. The van der Waals surface area contributed by atoms with Crippen LogP contribution in [0, 0.1) is 0 Å². The standard InChI is InChI=1S/C23H25N5O6S/c1-3-15-28-21(29)14-13-20(26-28)23(31)25-24-22(30)16-5-7-17(8-6-16)27-35(32,33)19-11-9-18(10-12-19)34-4-2/h5-14,27H,3-4,15H2,1-2H3,(H,24,30)(H,25,31). The molecule has 2 amide bonds. The summed E-state index contributed by atoms with van der Waals surface area (Å²) in [4.78, 5) is 36.4. The highest BCUT2D eigenvalue weighted by molar-refractivity contribution is 7.92. The van der Waals surface area contributed by atoms with Gasteiger partial charge in [0.25, 0.3) is 27.4 Å². The van der Waals surface area contributed by atoms with Gasteiger partial charge in [0.1, 0.15) is 5.75 Å². The maximum absolute atomic E-state index is 12.6. The number of hydrogen-bond donors (Lipinski definition) is 3. The number of carbonyl (C=O) groups excluding carboxylic acids is 2. The molecule has 3 aromatic rings. The summed E-state index contributed by atoms with van der Waals surface area (Å²) in [6.07, 6.45) is 0.668. The summed E-state index contributed by atoms with van der Waals surface area (Å²) in [5, 5.41) is 3.97. The number of nitrogens with one attached hydrogen (secondary N) is 3. The molecule has 12 heteroatoms. The largest absolute Gasteiger partial charge is 0.494 e. The Morgan fingerprint density at radius 2 is 1.57 bits per heavy atom. The summed E-state index contributed by atoms with van der Waals surface area (Å²) >= 11 is 0. The zero-order valence-corrected chi connectivity index (χ0v) is 20.0. The van der Waals surface area contributed by atoms with Crippen molar-refractivity contribution in [2.24, 2.45) is 0 Å². The average Bonchev–Trinajstić information content (AvgIpc) is 2.84. The van der Waals surface area contributed by atoms with Crippen molar-refractivity contribution in [3.8, 4) is 5.75 Å². The Balaban J connectivity index is 1.60. The number of sulfonamides is 1. The lowest BCUT2D eigenvalue weighted by Gasteiger charge is -2.11. The Labute approximate surface area is 202 Å². The van der Waals surface area contributed by atoms with E-state index in [2.05, 4.69) is 20.7 Å². The lowest BCUT2D eigenvalue weighted by atomic mass is 10.2. The lowest BCUT2D eigenvalue weighted by molar-refractivity contribution is 0.0842. The number of ether oxygens (including phenoxy) is 1. The van der Waals surface area contributed by atoms with E-state index in [0.29, 0.717) is 25.3 Å². The van der Waals surface area contributed by atoms with E-state index in [1.807, 2.05) is 13.8 Å². The average molecular weight is 500 g/mol. The van der Waals surface area contributed by atoms with Crippen LogP contribution in [0.1, 0.15) is 41.1 Å². The van der Waals surface area contributed by atoms with Crippen LogP contribution in [0.4, 0.5) is 5.69 Å². The Hall–Kier alpha value is -4.19. The highest BCUT2D eigenvalue weighted by atomic mass is 32.2. The van der Waals surface area contributed by atoms with Crippen LogP contribution in [0.15, 0.2) is 70.4 Å². The number of aromatic nitrogens is 2. The van der Waals surface area contributed by atoms with Crippen molar-refractivity contribution in [3.63, 3.8) is 0 Å². The Morgan fingerprint density at radius 1 is 0.914 bits per heavy atom. The minimum absolute atomic E-state index is 0.0302. The summed E-state index contributed by atoms with van der Waals surface area (Å²) in [6.45, 7) is 4.54. The molecule has 1 heterocycles. The highest BCUT2D eigenvalue weighted by Crippen LogP contribution is 2.19. The zero-order valence-electron chi connectivity index (χ0n) is 19.1. The molecule has 35 heavy (non-hydrogen) atoms. The summed E-state index contributed by atoms with van der Waals surface area (Å²) in [5.74, 6) is -0.753. The second-order valence-corrected chi connectivity index (χ2v) is 8.96. The van der Waals surface area contributed by atoms with Gasteiger partial charge in [-0.3, -0.25) is 30.0 Å². The predicted molar refractivity (Wildman–Crippen MR) is 129 cm³/mol. The molecule has 0 unspecified atom stereocenters. The number of hydrogen-bond acceptors (Lipinski definition) is 7. The Kier molecular flexibility index (Phi) is 8.21. The van der Waals surface area contributed by atoms with Crippen LogP contribution < -0.4 is 25.9 Å². The summed E-state index contributed by atoms with van der Waals surface area (Å²) in [6, 6.07) is 14.1. The van der Waals surface area contributed by atoms with Gasteiger partial charge in [-0.25, -0.2) is 13.1 Å². The van der Waals surface area contributed by atoms with E-state index >= 15 is 0 Å². The van der Waals surface area contributed by atoms with Gasteiger partial charge in [0.15, 0.2) is 5.69 Å². The molecule has 0 saturated carbocycles. The van der Waals surface area contributed by atoms with Crippen LogP contribution >= 0.6 is 0 Å². The fraction of sp³-hybridized carbons (Fsp3) is 0.217. The lowest BCUT2D eigenvalue weighted by Crippen LogP contribution is -2.42. The molecule has 0 atom stereocenters. The van der Waals surface area contributed by atoms with Crippen molar-refractivity contribution in [2.45, 2.75) is 31.7 Å². The van der Waals surface area contributed by atoms with Gasteiger partial charge in [-0.1, -0.05) is 6.92 Å². The minimum Gasteiger partial charge on any atom is -0.494 e. The number of rotatable bonds is 9. The third-order valence-corrected chi connectivity index (χ3v) is 6.07. The fourth-order valence-corrected chi connectivity index (χ4v) is 4.04. The van der Waals surface area contributed by atoms with Crippen molar-refractivity contribution < 1.29 is 22.7 Å². The SMILES string of the molecule is CCCn1nc(C(=O)NNC(=O)c2ccc(NS(=O)(=O)c3ccc(OCC)cc3)cc2)ccc1=O. The van der Waals surface area contributed by atoms with E-state index in [4.69, 9.17) is 4.74 Å². The van der Waals surface area contributed by atoms with Gasteiger partial charge in [-0.2, -0.15) is 5.10 Å². The van der Waals surface area contributed by atoms with Crippen LogP contribution in [0.5, 0.6) is 5.75 Å². The van der Waals surface area contributed by atoms with Gasteiger partial charge in [0, 0.05) is 23.9 Å². The number of aryl methyl sites for hydroxylation is 1. The summed E-state index contributed by atoms with van der Waals surface area (Å²) in [7, 11) is -3.84. The first-order valence-corrected chi connectivity index (χ1v) is 12.3. The molecule has 0 aliphatic heterocycles. The molecule has 2 aromatic carbocycles. The van der Waals surface area contributed by atoms with Gasteiger partial charge in [0.05, 0.1) is 11.5 Å². The molecule has 184 valence electrons. The molecule has 0 bridgehead atoms. The fourth-order valence-electron chi connectivity index (χ4n) is 2.98. The Bertz CT molecular complexity index is 1350. The topological polar surface area (TPSA) is 148 Å². The van der Waals surface area contributed by atoms with Gasteiger partial charge in [0.2, 0.25) is 0 Å². The van der Waals surface area contributed by atoms with Crippen molar-refractivity contribution in [2.75, 3.05) is 11.3 Å². The second kappa shape index (κ2) is 11.3. The summed E-state index contributed by atoms with van der Waals surface area (Å²) in [5.41, 5.74) is 4.56. The van der Waals surface area contributed by atoms with E-state index in [1.165, 1.54) is 53.2 Å². The predicted octanol–water partition coefficient (Wildman–Crippen LogP) is 1.93. The number of anilines is 1. The molecular weight excluding hydrogens is 474 g/mol. The van der Waals surface area contributed by atoms with Crippen LogP contribution in [0.25, 0.3) is 0 Å². The minimum atomic E-state index is -3.84. The van der Waals surface area contributed by atoms with Crippen LogP contribution in [0.3, 0.4) is 0 Å². The number of nitrogens with zero attached hydrogens (tertiary/aromatic N) is 2. The zero-order chi connectivity index (χ0) is 25.4. The smallest absolute Gasteiger partial charge is 0.290 e. The van der Waals surface area contributed by atoms with Crippen molar-refractivity contribution in [3.05, 3.63) is 82.3 Å². The van der Waals surface area contributed by atoms with Crippen molar-refractivity contribution in [1.29, 1.82) is 0 Å². The molecule has 0 saturated heterocycles. The molecule has 0 fully saturated rings. The molecule has 0 radical (unpaired) electrons. The number of hydrazine groups is 1. The number of amides is 2. The molecule has 11 nitrogen and oxygen atoms in total. The van der Waals surface area contributed by atoms with E-state index in [-0.39, 0.29) is 27.4 Å². The van der Waals surface area contributed by atoms with E-state index in [9.17, 15) is 22.8 Å². The normalized spacial score (nSPS) is 10.9. The summed E-state index contributed by atoms with van der Waals surface area (Å²) < 4.78 is 34.1. The maximum Gasteiger partial charge on any atom is 0.290 e. The molecule has 3 rings (SSSR count). The molecule has 3 N–H and O–H groups in total. The van der Waals surface area contributed by atoms with E-state index in [0.717, 1.165) is 0 Å². The van der Waals surface area contributed by atoms with Gasteiger partial charge < -0.3 is 4.74 Å². The highest BCUT2D eigenvalue weighted by Gasteiger charge is 2.15. The molecule has 0 aliphatic carbocycles. The molecule has 0 spiro atoms. The van der Waals surface area contributed by atoms with E-state index < -0.39 is 21.8 Å². The maximum atomic E-state index is 12.6. The quantitative estimate of drug-likeness (QED) is 0.381. The van der Waals surface area contributed by atoms with E-state index in [1.54, 1.807) is 12.1 Å². The second-order valence-electron chi connectivity index (χ2n) is 7.28. The van der Waals surface area contributed by atoms with Crippen LogP contribution in [-0.2, 0) is 16.6 Å². The first kappa shape index (κ1) is 25.4. The first-order valence-electron chi connectivity index (χ1n) is 10.8. The monoisotopic (exact) mass is 499 g/mol. The van der Waals surface area contributed by atoms with Gasteiger partial charge in [-0.05, 0) is 67.9 Å². The van der Waals surface area contributed by atoms with Crippen LogP contribution in [-0.4, -0.2) is 36.6 Å². The van der Waals surface area contributed by atoms with Crippen molar-refractivity contribution >= 4 is 27.5 Å². The molecule has 0 aliphatic rings. The van der Waals surface area contributed by atoms with Gasteiger partial charge in [-0.15, -0.1) is 0 Å². The number of benzene rings is 2. The van der Waals surface area contributed by atoms with Gasteiger partial charge >= 0.3 is 0 Å². The molecule has 1 aromatic heterocycles. The third kappa shape index (κ3) is 6.67. The molecular formula is C23H25N5O6S. The first-order chi connectivity index (χ1) is 16.7. The number of carbonyl (C=O) groups is 2.